The van der Waals surface area contributed by atoms with Gasteiger partial charge in [-0.25, -0.2) is 0 Å². The van der Waals surface area contributed by atoms with Gasteiger partial charge in [0.05, 0.1) is 0 Å². The van der Waals surface area contributed by atoms with E-state index in [2.05, 4.69) is 81.8 Å². The average molecular weight is 642 g/mol. The Morgan fingerprint density at radius 3 is 1.00 bits per heavy atom. The molecule has 0 unspecified atom stereocenters. The van der Waals surface area contributed by atoms with Gasteiger partial charge in [0.15, 0.2) is 0 Å². The topological polar surface area (TPSA) is 36.1 Å². The fourth-order valence-corrected chi connectivity index (χ4v) is 4.33. The normalized spacial score (nSPS) is 10.1. The zero-order chi connectivity index (χ0) is 22.6. The van der Waals surface area contributed by atoms with Crippen molar-refractivity contribution in [3.8, 4) is 0 Å². The molecule has 0 bridgehead atoms. The number of hydrogen-bond acceptors (Lipinski definition) is 3. The summed E-state index contributed by atoms with van der Waals surface area (Å²) in [7, 11) is 0. The quantitative estimate of drug-likeness (QED) is 0.258. The van der Waals surface area contributed by atoms with Crippen molar-refractivity contribution in [2.75, 3.05) is 36.8 Å². The molecule has 0 fully saturated rings. The van der Waals surface area contributed by atoms with Crippen LogP contribution in [0.25, 0.3) is 0 Å². The molecule has 0 aliphatic heterocycles. The molecule has 0 saturated heterocycles. The summed E-state index contributed by atoms with van der Waals surface area (Å²) in [5, 5.41) is 11.0. The van der Waals surface area contributed by atoms with Crippen molar-refractivity contribution in [2.24, 2.45) is 0 Å². The van der Waals surface area contributed by atoms with Gasteiger partial charge >= 0.3 is 16.8 Å². The molecule has 0 aliphatic rings. The fraction of sp³-hybridized carbons (Fsp3) is 0.571. The van der Waals surface area contributed by atoms with E-state index in [1.807, 2.05) is 0 Å². The summed E-state index contributed by atoms with van der Waals surface area (Å²) in [5.74, 6) is 0. The summed E-state index contributed by atoms with van der Waals surface area (Å²) in [6.07, 6.45) is 6.53. The summed E-state index contributed by atoms with van der Waals surface area (Å²) in [6, 6.07) is 9.50. The molecule has 0 aromatic heterocycles. The van der Waals surface area contributed by atoms with Crippen LogP contribution in [0.15, 0.2) is 24.3 Å². The first-order chi connectivity index (χ1) is 15.1. The molecule has 0 spiro atoms. The number of benzene rings is 2. The third kappa shape index (κ3) is 10.2. The number of halogens is 2. The largest absolute Gasteiger partial charge is 2.00 e. The Labute approximate surface area is 240 Å². The molecule has 34 heavy (non-hydrogen) atoms. The van der Waals surface area contributed by atoms with Crippen LogP contribution in [0.3, 0.4) is 0 Å². The molecule has 195 valence electrons. The van der Waals surface area contributed by atoms with Crippen molar-refractivity contribution in [1.29, 1.82) is 0 Å². The summed E-state index contributed by atoms with van der Waals surface area (Å²) in [4.78, 5) is 0. The van der Waals surface area contributed by atoms with Gasteiger partial charge in [-0.05, 0) is 71.9 Å². The molecule has 2 aromatic rings. The first-order valence-electron chi connectivity index (χ1n) is 12.6. The molecule has 0 saturated carbocycles. The molecular formula is C28H45Br2CoN3. The van der Waals surface area contributed by atoms with E-state index in [1.165, 1.54) is 44.8 Å². The van der Waals surface area contributed by atoms with Crippen LogP contribution in [0.1, 0.15) is 74.9 Å². The minimum atomic E-state index is 0. The Kier molecular flexibility index (Phi) is 20.6. The number of nitrogens with one attached hydrogen (secondary N) is 3. The van der Waals surface area contributed by atoms with Crippen molar-refractivity contribution in [3.05, 3.63) is 57.6 Å². The Bertz CT molecular complexity index is 710. The van der Waals surface area contributed by atoms with E-state index in [9.17, 15) is 0 Å². The van der Waals surface area contributed by atoms with Gasteiger partial charge in [-0.15, -0.1) is 0 Å². The van der Waals surface area contributed by atoms with Crippen molar-refractivity contribution < 1.29 is 50.7 Å². The number of rotatable bonds is 14. The first-order valence-corrected chi connectivity index (χ1v) is 12.6. The molecule has 3 N–H and O–H groups in total. The van der Waals surface area contributed by atoms with Crippen LogP contribution in [0.2, 0.25) is 0 Å². The molecule has 2 aromatic carbocycles. The van der Waals surface area contributed by atoms with Crippen molar-refractivity contribution in [3.63, 3.8) is 0 Å². The first kappa shape index (κ1) is 35.6. The van der Waals surface area contributed by atoms with E-state index < -0.39 is 0 Å². The second-order valence-electron chi connectivity index (χ2n) is 8.30. The van der Waals surface area contributed by atoms with Gasteiger partial charge in [0.2, 0.25) is 0 Å². The number of aryl methyl sites for hydroxylation is 6. The zero-order valence-corrected chi connectivity index (χ0v) is 26.2. The minimum Gasteiger partial charge on any atom is -1.00 e. The molecule has 3 nitrogen and oxygen atoms in total. The van der Waals surface area contributed by atoms with Crippen molar-refractivity contribution >= 4 is 11.4 Å². The fourth-order valence-electron chi connectivity index (χ4n) is 4.33. The number of hydrogen-bond donors (Lipinski definition) is 3. The monoisotopic (exact) mass is 640 g/mol. The molecular weight excluding hydrogens is 597 g/mol. The minimum absolute atomic E-state index is 0. The van der Waals surface area contributed by atoms with Gasteiger partial charge in [-0.3, -0.25) is 0 Å². The van der Waals surface area contributed by atoms with Crippen LogP contribution >= 0.6 is 0 Å². The molecule has 0 heterocycles. The van der Waals surface area contributed by atoms with Crippen LogP contribution in [0.4, 0.5) is 11.4 Å². The van der Waals surface area contributed by atoms with Gasteiger partial charge in [-0.2, -0.15) is 0 Å². The molecule has 2 rings (SSSR count). The van der Waals surface area contributed by atoms with E-state index in [0.717, 1.165) is 64.7 Å². The van der Waals surface area contributed by atoms with E-state index in [1.54, 1.807) is 0 Å². The van der Waals surface area contributed by atoms with Crippen LogP contribution < -0.4 is 49.9 Å². The van der Waals surface area contributed by atoms with Crippen molar-refractivity contribution in [2.45, 2.75) is 80.1 Å². The maximum Gasteiger partial charge on any atom is 2.00 e. The third-order valence-corrected chi connectivity index (χ3v) is 6.27. The molecule has 0 amide bonds. The summed E-state index contributed by atoms with van der Waals surface area (Å²) in [5.41, 5.74) is 11.4. The van der Waals surface area contributed by atoms with Crippen LogP contribution in [0.5, 0.6) is 0 Å². The van der Waals surface area contributed by atoms with E-state index in [0.29, 0.717) is 0 Å². The van der Waals surface area contributed by atoms with E-state index >= 15 is 0 Å². The molecule has 0 atom stereocenters. The Balaban J connectivity index is 0. The van der Waals surface area contributed by atoms with Crippen LogP contribution in [-0.2, 0) is 55.3 Å². The smallest absolute Gasteiger partial charge is 1.00 e. The summed E-state index contributed by atoms with van der Waals surface area (Å²) < 4.78 is 0. The predicted octanol–water partition coefficient (Wildman–Crippen LogP) is 0.180. The Hall–Kier alpha value is -0.534. The maximum absolute atomic E-state index is 3.71. The average Bonchev–Trinajstić information content (AvgIpc) is 2.82. The van der Waals surface area contributed by atoms with Crippen molar-refractivity contribution in [1.82, 2.24) is 5.32 Å². The standard InChI is InChI=1S/C28H45N3.2BrH.Co/c1-7-21-17-23(9-3)27(24(10-4)18-21)30-15-13-29-14-16-31-28-25(11-5)19-22(8-2)20-26(28)12-6;;;/h17-20,29-31H,7-16H2,1-6H3;2*1H;/q;;;+2/p-2. The zero-order valence-electron chi connectivity index (χ0n) is 22.0. The van der Waals surface area contributed by atoms with Gasteiger partial charge < -0.3 is 49.9 Å². The summed E-state index contributed by atoms with van der Waals surface area (Å²) in [6.45, 7) is 17.4. The summed E-state index contributed by atoms with van der Waals surface area (Å²) >= 11 is 0. The second kappa shape index (κ2) is 19.6. The Morgan fingerprint density at radius 1 is 0.471 bits per heavy atom. The van der Waals surface area contributed by atoms with Gasteiger partial charge in [0.1, 0.15) is 0 Å². The molecule has 0 aliphatic carbocycles. The van der Waals surface area contributed by atoms with E-state index in [-0.39, 0.29) is 50.7 Å². The predicted molar refractivity (Wildman–Crippen MR) is 139 cm³/mol. The van der Waals surface area contributed by atoms with Gasteiger partial charge in [0.25, 0.3) is 0 Å². The molecule has 1 radical (unpaired) electrons. The van der Waals surface area contributed by atoms with Crippen LogP contribution in [0, 0.1) is 0 Å². The Morgan fingerprint density at radius 2 is 0.765 bits per heavy atom. The SMILES string of the molecule is CCc1cc(CC)c(NCCNCCNc2c(CC)cc(CC)cc2CC)c(CC)c1.[Br-].[Br-].[Co+2]. The van der Waals surface area contributed by atoms with E-state index in [4.69, 9.17) is 0 Å². The third-order valence-electron chi connectivity index (χ3n) is 6.27. The van der Waals surface area contributed by atoms with Gasteiger partial charge in [-0.1, -0.05) is 65.8 Å². The second-order valence-corrected chi connectivity index (χ2v) is 8.30. The molecule has 6 heteroatoms. The maximum atomic E-state index is 3.71. The van der Waals surface area contributed by atoms with Crippen LogP contribution in [-0.4, -0.2) is 26.2 Å². The van der Waals surface area contributed by atoms with Gasteiger partial charge in [0, 0.05) is 37.6 Å². The number of anilines is 2.